The number of aromatic nitrogens is 3. The molecule has 0 saturated carbocycles. The van der Waals surface area contributed by atoms with Gasteiger partial charge in [0.2, 0.25) is 5.52 Å². The first-order valence-electron chi connectivity index (χ1n) is 11.4. The molecular weight excluding hydrogens is 414 g/mol. The average Bonchev–Trinajstić information content (AvgIpc) is 2.85. The highest BCUT2D eigenvalue weighted by Gasteiger charge is 2.36. The highest BCUT2D eigenvalue weighted by molar-refractivity contribution is 5.87. The zero-order valence-corrected chi connectivity index (χ0v) is 19.7. The zero-order chi connectivity index (χ0) is 23.7. The quantitative estimate of drug-likeness (QED) is 0.606. The third-order valence-corrected chi connectivity index (χ3v) is 6.86. The van der Waals surface area contributed by atoms with E-state index >= 15 is 0 Å². The van der Waals surface area contributed by atoms with Gasteiger partial charge in [-0.3, -0.25) is 9.47 Å². The molecule has 4 rings (SSSR count). The van der Waals surface area contributed by atoms with Gasteiger partial charge in [-0.2, -0.15) is 4.98 Å². The average molecular weight is 446 g/mol. The Kier molecular flexibility index (Phi) is 6.45. The molecule has 8 heteroatoms. The van der Waals surface area contributed by atoms with Gasteiger partial charge in [0.25, 0.3) is 5.82 Å². The molecule has 3 atom stereocenters. The maximum atomic E-state index is 12.6. The van der Waals surface area contributed by atoms with Gasteiger partial charge < -0.3 is 15.5 Å². The Morgan fingerprint density at radius 3 is 2.55 bits per heavy atom. The summed E-state index contributed by atoms with van der Waals surface area (Å²) in [6.45, 7) is 16.1. The Morgan fingerprint density at radius 1 is 1.18 bits per heavy atom. The summed E-state index contributed by atoms with van der Waals surface area (Å²) in [5.74, 6) is 0.876. The summed E-state index contributed by atoms with van der Waals surface area (Å²) in [5.41, 5.74) is 9.14. The second kappa shape index (κ2) is 9.30. The molecule has 3 heterocycles. The van der Waals surface area contributed by atoms with E-state index in [1.807, 2.05) is 0 Å². The lowest BCUT2D eigenvalue weighted by molar-refractivity contribution is 0.106. The van der Waals surface area contributed by atoms with Gasteiger partial charge in [-0.15, -0.1) is 4.98 Å². The second-order valence-corrected chi connectivity index (χ2v) is 8.81. The standard InChI is InChI=1S/C25H31N7O/c1-6-20-15-31(16(2)14-32(20)17(3)19-9-7-18(13-26)8-10-19)24-23-21(30(5)25(33)29-24)11-12-22(27-4)28-23/h7-12,16-17,20H,6,13-15,26H2,1-3,5H3/t16-,17?,20+/m0/s1. The number of pyridine rings is 1. The van der Waals surface area contributed by atoms with Gasteiger partial charge >= 0.3 is 5.69 Å². The van der Waals surface area contributed by atoms with Crippen molar-refractivity contribution in [1.82, 2.24) is 19.4 Å². The molecule has 0 bridgehead atoms. The minimum Gasteiger partial charge on any atom is -0.361 e. The monoisotopic (exact) mass is 445 g/mol. The van der Waals surface area contributed by atoms with Gasteiger partial charge in [-0.25, -0.2) is 4.79 Å². The number of fused-ring (bicyclic) bond motifs is 1. The molecule has 172 valence electrons. The Morgan fingerprint density at radius 2 is 1.91 bits per heavy atom. The molecule has 0 spiro atoms. The second-order valence-electron chi connectivity index (χ2n) is 8.81. The number of nitrogens with two attached hydrogens (primary N) is 1. The third kappa shape index (κ3) is 4.22. The minimum absolute atomic E-state index is 0.125. The molecule has 1 fully saturated rings. The molecule has 33 heavy (non-hydrogen) atoms. The lowest BCUT2D eigenvalue weighted by Gasteiger charge is -2.48. The van der Waals surface area contributed by atoms with Crippen molar-refractivity contribution in [3.05, 3.63) is 69.4 Å². The summed E-state index contributed by atoms with van der Waals surface area (Å²) in [4.78, 5) is 29.8. The lowest BCUT2D eigenvalue weighted by Crippen LogP contribution is -2.58. The number of nitrogens with zero attached hydrogens (tertiary/aromatic N) is 6. The molecule has 1 aliphatic rings. The molecule has 0 aliphatic carbocycles. The maximum absolute atomic E-state index is 12.6. The van der Waals surface area contributed by atoms with Crippen molar-refractivity contribution in [2.45, 2.75) is 51.9 Å². The van der Waals surface area contributed by atoms with E-state index in [9.17, 15) is 4.79 Å². The predicted molar refractivity (Wildman–Crippen MR) is 131 cm³/mol. The number of aryl methyl sites for hydroxylation is 1. The largest absolute Gasteiger partial charge is 0.361 e. The van der Waals surface area contributed by atoms with Gasteiger partial charge in [0.1, 0.15) is 0 Å². The van der Waals surface area contributed by atoms with Crippen LogP contribution in [0.3, 0.4) is 0 Å². The van der Waals surface area contributed by atoms with Gasteiger partial charge in [0.15, 0.2) is 5.82 Å². The van der Waals surface area contributed by atoms with Crippen molar-refractivity contribution in [3.8, 4) is 0 Å². The molecule has 2 aromatic heterocycles. The fourth-order valence-corrected chi connectivity index (χ4v) is 4.78. The van der Waals surface area contributed by atoms with Crippen LogP contribution in [0.15, 0.2) is 41.2 Å². The summed E-state index contributed by atoms with van der Waals surface area (Å²) < 4.78 is 1.49. The molecule has 1 unspecified atom stereocenters. The fraction of sp³-hybridized carbons (Fsp3) is 0.440. The first kappa shape index (κ1) is 22.9. The van der Waals surface area contributed by atoms with E-state index in [0.29, 0.717) is 29.2 Å². The Bertz CT molecular complexity index is 1240. The predicted octanol–water partition coefficient (Wildman–Crippen LogP) is 3.39. The van der Waals surface area contributed by atoms with E-state index in [1.54, 1.807) is 19.2 Å². The van der Waals surface area contributed by atoms with Crippen molar-refractivity contribution in [2.75, 3.05) is 18.0 Å². The van der Waals surface area contributed by atoms with Crippen molar-refractivity contribution in [2.24, 2.45) is 12.8 Å². The van der Waals surface area contributed by atoms with Crippen molar-refractivity contribution < 1.29 is 0 Å². The molecule has 1 aromatic carbocycles. The molecule has 0 amide bonds. The van der Waals surface area contributed by atoms with Gasteiger partial charge in [-0.05, 0) is 43.5 Å². The van der Waals surface area contributed by atoms with Crippen molar-refractivity contribution >= 4 is 22.7 Å². The van der Waals surface area contributed by atoms with E-state index in [2.05, 4.69) is 69.6 Å². The highest BCUT2D eigenvalue weighted by Crippen LogP contribution is 2.33. The van der Waals surface area contributed by atoms with Crippen LogP contribution in [0, 0.1) is 6.57 Å². The summed E-state index contributed by atoms with van der Waals surface area (Å²) in [5, 5.41) is 0. The third-order valence-electron chi connectivity index (χ3n) is 6.86. The minimum atomic E-state index is -0.314. The Labute approximate surface area is 194 Å². The first-order valence-corrected chi connectivity index (χ1v) is 11.4. The lowest BCUT2D eigenvalue weighted by atomic mass is 9.98. The van der Waals surface area contributed by atoms with Crippen LogP contribution >= 0.6 is 0 Å². The van der Waals surface area contributed by atoms with Crippen LogP contribution in [-0.4, -0.2) is 44.6 Å². The number of piperazine rings is 1. The summed E-state index contributed by atoms with van der Waals surface area (Å²) in [6.07, 6.45) is 0.970. The van der Waals surface area contributed by atoms with Crippen LogP contribution in [0.2, 0.25) is 0 Å². The zero-order valence-electron chi connectivity index (χ0n) is 19.7. The number of benzene rings is 1. The molecule has 3 aromatic rings. The van der Waals surface area contributed by atoms with E-state index in [1.165, 1.54) is 10.1 Å². The van der Waals surface area contributed by atoms with Crippen LogP contribution in [0.4, 0.5) is 11.6 Å². The van der Waals surface area contributed by atoms with Crippen molar-refractivity contribution in [1.29, 1.82) is 0 Å². The Balaban J connectivity index is 1.69. The topological polar surface area (TPSA) is 84.6 Å². The van der Waals surface area contributed by atoms with E-state index in [4.69, 9.17) is 12.3 Å². The van der Waals surface area contributed by atoms with Gasteiger partial charge in [-0.1, -0.05) is 37.8 Å². The first-order chi connectivity index (χ1) is 15.9. The van der Waals surface area contributed by atoms with E-state index < -0.39 is 0 Å². The molecule has 2 N–H and O–H groups in total. The van der Waals surface area contributed by atoms with E-state index in [0.717, 1.165) is 25.1 Å². The molecule has 1 aliphatic heterocycles. The molecular formula is C25H31N7O. The molecule has 8 nitrogen and oxygen atoms in total. The molecule has 1 saturated heterocycles. The van der Waals surface area contributed by atoms with Crippen LogP contribution in [0.1, 0.15) is 44.4 Å². The fourth-order valence-electron chi connectivity index (χ4n) is 4.78. The summed E-state index contributed by atoms with van der Waals surface area (Å²) in [7, 11) is 1.69. The van der Waals surface area contributed by atoms with Gasteiger partial charge in [0, 0.05) is 44.8 Å². The Hall–Kier alpha value is -3.28. The SMILES string of the molecule is [C-]#[N+]c1ccc2c(n1)c(N1C[C@@H](CC)N(C(C)c3ccc(CN)cc3)C[C@@H]1C)nc(=O)n2C. The maximum Gasteiger partial charge on any atom is 0.350 e. The van der Waals surface area contributed by atoms with E-state index in [-0.39, 0.29) is 23.8 Å². The normalized spacial score (nSPS) is 20.1. The number of rotatable bonds is 5. The van der Waals surface area contributed by atoms with Crippen LogP contribution < -0.4 is 16.3 Å². The van der Waals surface area contributed by atoms with Crippen LogP contribution in [0.5, 0.6) is 0 Å². The molecule has 0 radical (unpaired) electrons. The van der Waals surface area contributed by atoms with Crippen LogP contribution in [0.25, 0.3) is 15.9 Å². The number of anilines is 1. The van der Waals surface area contributed by atoms with Crippen LogP contribution in [-0.2, 0) is 13.6 Å². The number of hydrogen-bond donors (Lipinski definition) is 1. The summed E-state index contributed by atoms with van der Waals surface area (Å²) >= 11 is 0. The smallest absolute Gasteiger partial charge is 0.350 e. The van der Waals surface area contributed by atoms with Gasteiger partial charge in [0.05, 0.1) is 5.52 Å². The number of hydrogen-bond acceptors (Lipinski definition) is 6. The van der Waals surface area contributed by atoms with Crippen molar-refractivity contribution in [3.63, 3.8) is 0 Å². The summed E-state index contributed by atoms with van der Waals surface area (Å²) in [6, 6.07) is 12.6. The highest BCUT2D eigenvalue weighted by atomic mass is 16.1.